The quantitative estimate of drug-likeness (QED) is 0.821. The number of methoxy groups -OCH3 is 1. The number of ether oxygens (including phenoxy) is 1. The molecule has 0 saturated heterocycles. The summed E-state index contributed by atoms with van der Waals surface area (Å²) in [5, 5.41) is 25.8. The van der Waals surface area contributed by atoms with Crippen molar-refractivity contribution < 1.29 is 24.5 Å². The number of rotatable bonds is 5. The highest BCUT2D eigenvalue weighted by Crippen LogP contribution is 2.26. The number of nitrogens with zero attached hydrogens (tertiary/aromatic N) is 2. The monoisotopic (exact) mass is 300 g/mol. The van der Waals surface area contributed by atoms with Crippen molar-refractivity contribution in [2.75, 3.05) is 7.11 Å². The maximum Gasteiger partial charge on any atom is 0.339 e. The van der Waals surface area contributed by atoms with Crippen LogP contribution in [0.1, 0.15) is 20.7 Å². The molecule has 7 nitrogen and oxygen atoms in total. The highest BCUT2D eigenvalue weighted by Gasteiger charge is 2.11. The van der Waals surface area contributed by atoms with Gasteiger partial charge in [-0.05, 0) is 36.4 Å². The van der Waals surface area contributed by atoms with Crippen molar-refractivity contribution in [1.29, 1.82) is 0 Å². The van der Waals surface area contributed by atoms with Crippen LogP contribution in [0.2, 0.25) is 0 Å². The topological polar surface area (TPSA) is 109 Å². The minimum atomic E-state index is -1.14. The van der Waals surface area contributed by atoms with Crippen molar-refractivity contribution in [1.82, 2.24) is 0 Å². The second kappa shape index (κ2) is 6.49. The molecule has 0 unspecified atom stereocenters. The molecule has 0 aliphatic carbocycles. The van der Waals surface area contributed by atoms with E-state index in [9.17, 15) is 9.59 Å². The fourth-order valence-electron chi connectivity index (χ4n) is 1.74. The molecule has 0 spiro atoms. The van der Waals surface area contributed by atoms with E-state index in [1.54, 1.807) is 18.2 Å². The number of azo groups is 1. The van der Waals surface area contributed by atoms with Crippen molar-refractivity contribution in [3.05, 3.63) is 53.6 Å². The van der Waals surface area contributed by atoms with E-state index in [1.807, 2.05) is 0 Å². The molecule has 0 amide bonds. The molecule has 0 radical (unpaired) electrons. The summed E-state index contributed by atoms with van der Waals surface area (Å²) in [5.41, 5.74) is 0.738. The molecule has 0 aliphatic rings. The zero-order chi connectivity index (χ0) is 16.1. The lowest BCUT2D eigenvalue weighted by atomic mass is 10.2. The molecular weight excluding hydrogens is 288 g/mol. The normalized spacial score (nSPS) is 10.6. The van der Waals surface area contributed by atoms with Gasteiger partial charge >= 0.3 is 11.9 Å². The summed E-state index contributed by atoms with van der Waals surface area (Å²) in [6, 6.07) is 10.3. The van der Waals surface area contributed by atoms with Crippen molar-refractivity contribution >= 4 is 23.3 Å². The van der Waals surface area contributed by atoms with Crippen LogP contribution in [0.25, 0.3) is 0 Å². The molecule has 7 heteroatoms. The van der Waals surface area contributed by atoms with Gasteiger partial charge in [-0.15, -0.1) is 0 Å². The summed E-state index contributed by atoms with van der Waals surface area (Å²) in [7, 11) is 1.38. The van der Waals surface area contributed by atoms with Gasteiger partial charge in [0, 0.05) is 0 Å². The third-order valence-electron chi connectivity index (χ3n) is 2.79. The average molecular weight is 300 g/mol. The zero-order valence-electron chi connectivity index (χ0n) is 11.6. The van der Waals surface area contributed by atoms with Gasteiger partial charge in [-0.1, -0.05) is 6.07 Å². The number of aromatic carboxylic acids is 2. The summed E-state index contributed by atoms with van der Waals surface area (Å²) in [4.78, 5) is 22.0. The fourth-order valence-corrected chi connectivity index (χ4v) is 1.74. The van der Waals surface area contributed by atoms with Gasteiger partial charge in [-0.3, -0.25) is 0 Å². The van der Waals surface area contributed by atoms with Crippen molar-refractivity contribution in [2.45, 2.75) is 0 Å². The first-order valence-electron chi connectivity index (χ1n) is 6.17. The first-order chi connectivity index (χ1) is 10.5. The van der Waals surface area contributed by atoms with Gasteiger partial charge in [0.25, 0.3) is 0 Å². The van der Waals surface area contributed by atoms with Gasteiger partial charge in [-0.2, -0.15) is 10.2 Å². The smallest absolute Gasteiger partial charge is 0.339 e. The molecule has 0 aromatic heterocycles. The zero-order valence-corrected chi connectivity index (χ0v) is 11.6. The van der Waals surface area contributed by atoms with Crippen LogP contribution in [0.4, 0.5) is 11.4 Å². The van der Waals surface area contributed by atoms with E-state index in [1.165, 1.54) is 31.4 Å². The predicted octanol–water partition coefficient (Wildman–Crippen LogP) is 3.51. The largest absolute Gasteiger partial charge is 0.496 e. The van der Waals surface area contributed by atoms with Crippen LogP contribution in [0.15, 0.2) is 52.7 Å². The van der Waals surface area contributed by atoms with Crippen molar-refractivity contribution in [3.63, 3.8) is 0 Å². The lowest BCUT2D eigenvalue weighted by molar-refractivity contribution is 0.0684. The Morgan fingerprint density at radius 1 is 0.955 bits per heavy atom. The Balaban J connectivity index is 2.30. The average Bonchev–Trinajstić information content (AvgIpc) is 2.52. The van der Waals surface area contributed by atoms with Gasteiger partial charge < -0.3 is 14.9 Å². The molecule has 0 atom stereocenters. The van der Waals surface area contributed by atoms with Crippen LogP contribution in [0.5, 0.6) is 5.75 Å². The lowest BCUT2D eigenvalue weighted by Gasteiger charge is -2.04. The predicted molar refractivity (Wildman–Crippen MR) is 77.5 cm³/mol. The summed E-state index contributed by atoms with van der Waals surface area (Å²) in [6.07, 6.45) is 0. The number of hydrogen-bond acceptors (Lipinski definition) is 5. The van der Waals surface area contributed by atoms with Crippen molar-refractivity contribution in [2.24, 2.45) is 10.2 Å². The van der Waals surface area contributed by atoms with E-state index in [-0.39, 0.29) is 16.9 Å². The van der Waals surface area contributed by atoms with Gasteiger partial charge in [0.15, 0.2) is 0 Å². The van der Waals surface area contributed by atoms with Gasteiger partial charge in [0.2, 0.25) is 0 Å². The Morgan fingerprint density at radius 3 is 2.23 bits per heavy atom. The molecule has 22 heavy (non-hydrogen) atoms. The van der Waals surface area contributed by atoms with E-state index < -0.39 is 11.9 Å². The maximum atomic E-state index is 11.1. The minimum Gasteiger partial charge on any atom is -0.496 e. The van der Waals surface area contributed by atoms with Gasteiger partial charge in [-0.25, -0.2) is 9.59 Å². The van der Waals surface area contributed by atoms with Gasteiger partial charge in [0.1, 0.15) is 11.3 Å². The minimum absolute atomic E-state index is 0.0294. The summed E-state index contributed by atoms with van der Waals surface area (Å²) in [6.45, 7) is 0. The van der Waals surface area contributed by atoms with Gasteiger partial charge in [0.05, 0.1) is 24.0 Å². The number of carboxylic acid groups (broad SMARTS) is 2. The lowest BCUT2D eigenvalue weighted by Crippen LogP contribution is -1.99. The van der Waals surface area contributed by atoms with Crippen molar-refractivity contribution in [3.8, 4) is 5.75 Å². The number of benzene rings is 2. The molecule has 112 valence electrons. The molecule has 0 bridgehead atoms. The third-order valence-corrected chi connectivity index (χ3v) is 2.79. The molecule has 2 rings (SSSR count). The Kier molecular flexibility index (Phi) is 4.47. The third kappa shape index (κ3) is 3.45. The van der Waals surface area contributed by atoms with E-state index >= 15 is 0 Å². The second-order valence-corrected chi connectivity index (χ2v) is 4.25. The second-order valence-electron chi connectivity index (χ2n) is 4.25. The Labute approximate surface area is 125 Å². The highest BCUT2D eigenvalue weighted by molar-refractivity contribution is 5.92. The molecule has 2 N–H and O–H groups in total. The highest BCUT2D eigenvalue weighted by atomic mass is 16.5. The maximum absolute atomic E-state index is 11.1. The van der Waals surface area contributed by atoms with Crippen LogP contribution < -0.4 is 4.74 Å². The Hall–Kier alpha value is -3.22. The molecule has 0 heterocycles. The van der Waals surface area contributed by atoms with Crippen LogP contribution in [0, 0.1) is 0 Å². The van der Waals surface area contributed by atoms with Crippen LogP contribution in [-0.2, 0) is 0 Å². The molecule has 2 aromatic rings. The summed E-state index contributed by atoms with van der Waals surface area (Å²) in [5.74, 6) is -1.98. The molecule has 0 aliphatic heterocycles. The number of carboxylic acids is 2. The van der Waals surface area contributed by atoms with E-state index in [0.717, 1.165) is 0 Å². The Bertz CT molecular complexity index is 755. The number of hydrogen-bond donors (Lipinski definition) is 2. The molecule has 0 saturated carbocycles. The SMILES string of the molecule is COc1ccc(N=Nc2cccc(C(=O)O)c2)cc1C(=O)O. The first kappa shape index (κ1) is 15.2. The van der Waals surface area contributed by atoms with Crippen LogP contribution in [0.3, 0.4) is 0 Å². The molecule has 0 fully saturated rings. The van der Waals surface area contributed by atoms with Crippen LogP contribution in [-0.4, -0.2) is 29.3 Å². The standard InChI is InChI=1S/C15H12N2O5/c1-22-13-6-5-11(8-12(13)15(20)21)17-16-10-4-2-3-9(7-10)14(18)19/h2-8H,1H3,(H,18,19)(H,20,21). The van der Waals surface area contributed by atoms with E-state index in [2.05, 4.69) is 10.2 Å². The molecular formula is C15H12N2O5. The van der Waals surface area contributed by atoms with E-state index in [0.29, 0.717) is 11.4 Å². The number of carbonyl (C=O) groups is 2. The summed E-state index contributed by atoms with van der Waals surface area (Å²) >= 11 is 0. The van der Waals surface area contributed by atoms with E-state index in [4.69, 9.17) is 14.9 Å². The summed E-state index contributed by atoms with van der Waals surface area (Å²) < 4.78 is 4.95. The first-order valence-corrected chi connectivity index (χ1v) is 6.17. The molecule has 2 aromatic carbocycles. The van der Waals surface area contributed by atoms with Crippen LogP contribution >= 0.6 is 0 Å². The fraction of sp³-hybridized carbons (Fsp3) is 0.0667. The Morgan fingerprint density at radius 2 is 1.64 bits per heavy atom.